The number of carbonyl (C=O) groups excluding carboxylic acids is 1. The fourth-order valence-electron chi connectivity index (χ4n) is 2.40. The van der Waals surface area contributed by atoms with E-state index in [-0.39, 0.29) is 17.8 Å². The van der Waals surface area contributed by atoms with Crippen molar-refractivity contribution in [1.82, 2.24) is 14.5 Å². The Morgan fingerprint density at radius 2 is 2.05 bits per heavy atom. The molecule has 2 aromatic rings. The maximum atomic E-state index is 12.4. The summed E-state index contributed by atoms with van der Waals surface area (Å²) in [4.78, 5) is 18.7. The molecule has 1 amide bonds. The van der Waals surface area contributed by atoms with Crippen LogP contribution >= 0.6 is 23.2 Å². The highest BCUT2D eigenvalue weighted by Gasteiger charge is 2.19. The van der Waals surface area contributed by atoms with E-state index in [0.29, 0.717) is 23.9 Å². The molecule has 21 heavy (non-hydrogen) atoms. The van der Waals surface area contributed by atoms with Crippen LogP contribution in [0.5, 0.6) is 0 Å². The van der Waals surface area contributed by atoms with Gasteiger partial charge < -0.3 is 9.47 Å². The molecule has 0 aliphatic heterocycles. The van der Waals surface area contributed by atoms with Crippen molar-refractivity contribution in [3.8, 4) is 0 Å². The van der Waals surface area contributed by atoms with Crippen molar-refractivity contribution >= 4 is 40.1 Å². The van der Waals surface area contributed by atoms with Crippen LogP contribution in [0.15, 0.2) is 18.2 Å². The number of amides is 1. The molecule has 4 nitrogen and oxygen atoms in total. The van der Waals surface area contributed by atoms with E-state index in [9.17, 15) is 4.79 Å². The van der Waals surface area contributed by atoms with Crippen LogP contribution < -0.4 is 0 Å². The third kappa shape index (κ3) is 3.33. The van der Waals surface area contributed by atoms with Gasteiger partial charge in [0.1, 0.15) is 12.4 Å². The molecule has 1 unspecified atom stereocenters. The third-order valence-electron chi connectivity index (χ3n) is 3.51. The van der Waals surface area contributed by atoms with Crippen molar-refractivity contribution in [3.63, 3.8) is 0 Å². The summed E-state index contributed by atoms with van der Waals surface area (Å²) in [5, 5.41) is 0.341. The number of aromatic nitrogens is 2. The van der Waals surface area contributed by atoms with Gasteiger partial charge >= 0.3 is 0 Å². The summed E-state index contributed by atoms with van der Waals surface area (Å²) < 4.78 is 1.86. The number of benzene rings is 1. The molecule has 1 heterocycles. The van der Waals surface area contributed by atoms with E-state index >= 15 is 0 Å². The Labute approximate surface area is 134 Å². The van der Waals surface area contributed by atoms with Crippen molar-refractivity contribution in [1.29, 1.82) is 0 Å². The molecule has 0 N–H and O–H groups in total. The van der Waals surface area contributed by atoms with Crippen molar-refractivity contribution in [2.24, 2.45) is 0 Å². The number of nitrogens with zero attached hydrogens (tertiary/aromatic N) is 3. The van der Waals surface area contributed by atoms with Crippen LogP contribution in [0.25, 0.3) is 11.0 Å². The number of imidazole rings is 1. The van der Waals surface area contributed by atoms with Crippen LogP contribution in [-0.4, -0.2) is 33.4 Å². The number of carbonyl (C=O) groups is 1. The summed E-state index contributed by atoms with van der Waals surface area (Å²) in [5.41, 5.74) is 1.64. The molecule has 1 atom stereocenters. The predicted octanol–water partition coefficient (Wildman–Crippen LogP) is 3.86. The molecule has 0 spiro atoms. The van der Waals surface area contributed by atoms with Crippen molar-refractivity contribution in [2.75, 3.05) is 13.1 Å². The lowest BCUT2D eigenvalue weighted by molar-refractivity contribution is -0.131. The van der Waals surface area contributed by atoms with E-state index in [1.165, 1.54) is 0 Å². The van der Waals surface area contributed by atoms with Gasteiger partial charge in [0.2, 0.25) is 5.91 Å². The molecule has 0 aliphatic carbocycles. The molecule has 0 fully saturated rings. The minimum Gasteiger partial charge on any atom is -0.342 e. The highest BCUT2D eigenvalue weighted by atomic mass is 35.5. The first-order chi connectivity index (χ1) is 9.97. The second-order valence-electron chi connectivity index (χ2n) is 4.87. The average molecular weight is 328 g/mol. The highest BCUT2D eigenvalue weighted by molar-refractivity contribution is 6.31. The number of alkyl halides is 1. The Hall–Kier alpha value is -1.26. The van der Waals surface area contributed by atoms with Gasteiger partial charge in [-0.2, -0.15) is 0 Å². The fourth-order valence-corrected chi connectivity index (χ4v) is 2.73. The molecule has 1 aromatic heterocycles. The van der Waals surface area contributed by atoms with Gasteiger partial charge in [-0.05, 0) is 39.0 Å². The molecular formula is C15H19Cl2N3O. The number of likely N-dealkylation sites (N-methyl/N-ethyl adjacent to an activating group) is 1. The van der Waals surface area contributed by atoms with E-state index in [2.05, 4.69) is 4.98 Å². The monoisotopic (exact) mass is 327 g/mol. The largest absolute Gasteiger partial charge is 0.342 e. The lowest BCUT2D eigenvalue weighted by Gasteiger charge is -2.20. The Bertz CT molecular complexity index is 648. The lowest BCUT2D eigenvalue weighted by Crippen LogP contribution is -2.33. The van der Waals surface area contributed by atoms with Crippen molar-refractivity contribution in [2.45, 2.75) is 32.7 Å². The zero-order valence-electron chi connectivity index (χ0n) is 12.4. The standard InChI is InChI=1S/C15H19Cl2N3O/c1-4-19(5-2)14(21)9-20-13-8-11(17)6-7-12(13)18-15(20)10(3)16/h6-8,10H,4-5,9H2,1-3H3. The van der Waals surface area contributed by atoms with Crippen LogP contribution in [-0.2, 0) is 11.3 Å². The van der Waals surface area contributed by atoms with Gasteiger partial charge in [-0.3, -0.25) is 4.79 Å². The molecule has 6 heteroatoms. The molecular weight excluding hydrogens is 309 g/mol. The van der Waals surface area contributed by atoms with E-state index in [0.717, 1.165) is 11.0 Å². The number of rotatable bonds is 5. The number of halogens is 2. The minimum atomic E-state index is -0.277. The molecule has 0 saturated heterocycles. The summed E-state index contributed by atoms with van der Waals surface area (Å²) >= 11 is 12.3. The summed E-state index contributed by atoms with van der Waals surface area (Å²) in [6.07, 6.45) is 0. The molecule has 0 radical (unpaired) electrons. The summed E-state index contributed by atoms with van der Waals surface area (Å²) in [5.74, 6) is 0.743. The smallest absolute Gasteiger partial charge is 0.242 e. The zero-order valence-corrected chi connectivity index (χ0v) is 13.9. The second kappa shape index (κ2) is 6.67. The van der Waals surface area contributed by atoms with Crippen molar-refractivity contribution in [3.05, 3.63) is 29.0 Å². The number of hydrogen-bond acceptors (Lipinski definition) is 2. The van der Waals surface area contributed by atoms with Crippen molar-refractivity contribution < 1.29 is 4.79 Å². The Morgan fingerprint density at radius 1 is 1.38 bits per heavy atom. The molecule has 0 bridgehead atoms. The molecule has 0 saturated carbocycles. The molecule has 2 rings (SSSR count). The second-order valence-corrected chi connectivity index (χ2v) is 5.96. The van der Waals surface area contributed by atoms with Gasteiger partial charge in [0.05, 0.1) is 16.4 Å². The van der Waals surface area contributed by atoms with Gasteiger partial charge in [-0.25, -0.2) is 4.98 Å². The average Bonchev–Trinajstić information content (AvgIpc) is 2.78. The Morgan fingerprint density at radius 3 is 2.62 bits per heavy atom. The number of fused-ring (bicyclic) bond motifs is 1. The topological polar surface area (TPSA) is 38.1 Å². The van der Waals surface area contributed by atoms with Gasteiger partial charge in [-0.1, -0.05) is 11.6 Å². The van der Waals surface area contributed by atoms with E-state index in [1.807, 2.05) is 37.5 Å². The maximum absolute atomic E-state index is 12.4. The number of hydrogen-bond donors (Lipinski definition) is 0. The first kappa shape index (κ1) is 16.1. The SMILES string of the molecule is CCN(CC)C(=O)Cn1c(C(C)Cl)nc2ccc(Cl)cc21. The molecule has 0 aliphatic rings. The molecule has 114 valence electrons. The maximum Gasteiger partial charge on any atom is 0.242 e. The quantitative estimate of drug-likeness (QED) is 0.782. The van der Waals surface area contributed by atoms with Crippen LogP contribution in [0.3, 0.4) is 0 Å². The van der Waals surface area contributed by atoms with Gasteiger partial charge in [0, 0.05) is 18.1 Å². The van der Waals surface area contributed by atoms with Gasteiger partial charge in [0.15, 0.2) is 0 Å². The summed E-state index contributed by atoms with van der Waals surface area (Å²) in [6.45, 7) is 7.39. The lowest BCUT2D eigenvalue weighted by atomic mass is 10.3. The van der Waals surface area contributed by atoms with E-state index < -0.39 is 0 Å². The Kier molecular flexibility index (Phi) is 5.12. The van der Waals surface area contributed by atoms with E-state index in [1.54, 1.807) is 11.0 Å². The normalized spacial score (nSPS) is 12.6. The van der Waals surface area contributed by atoms with Gasteiger partial charge in [-0.15, -0.1) is 11.6 Å². The fraction of sp³-hybridized carbons (Fsp3) is 0.467. The summed E-state index contributed by atoms with van der Waals surface area (Å²) in [7, 11) is 0. The van der Waals surface area contributed by atoms with E-state index in [4.69, 9.17) is 23.2 Å². The zero-order chi connectivity index (χ0) is 15.6. The Balaban J connectivity index is 2.47. The van der Waals surface area contributed by atoms with Crippen LogP contribution in [0.2, 0.25) is 5.02 Å². The third-order valence-corrected chi connectivity index (χ3v) is 3.94. The van der Waals surface area contributed by atoms with Crippen LogP contribution in [0, 0.1) is 0 Å². The first-order valence-electron chi connectivity index (χ1n) is 7.05. The minimum absolute atomic E-state index is 0.0536. The van der Waals surface area contributed by atoms with Crippen LogP contribution in [0.4, 0.5) is 0 Å². The van der Waals surface area contributed by atoms with Crippen LogP contribution in [0.1, 0.15) is 32.0 Å². The highest BCUT2D eigenvalue weighted by Crippen LogP contribution is 2.26. The molecule has 1 aromatic carbocycles. The first-order valence-corrected chi connectivity index (χ1v) is 7.86. The predicted molar refractivity (Wildman–Crippen MR) is 86.9 cm³/mol. The van der Waals surface area contributed by atoms with Gasteiger partial charge in [0.25, 0.3) is 0 Å². The summed E-state index contributed by atoms with van der Waals surface area (Å²) in [6, 6.07) is 5.46.